The van der Waals surface area contributed by atoms with E-state index in [0.29, 0.717) is 12.3 Å². The number of anilines is 2. The van der Waals surface area contributed by atoms with E-state index in [4.69, 9.17) is 0 Å². The van der Waals surface area contributed by atoms with Gasteiger partial charge in [-0.25, -0.2) is 0 Å². The first-order chi connectivity index (χ1) is 10.6. The molecule has 1 heterocycles. The highest BCUT2D eigenvalue weighted by molar-refractivity contribution is 8.01. The minimum atomic E-state index is -0.0112. The predicted octanol–water partition coefficient (Wildman–Crippen LogP) is 2.05. The first-order valence-electron chi connectivity index (χ1n) is 6.75. The fourth-order valence-corrected chi connectivity index (χ4v) is 3.20. The third-order valence-electron chi connectivity index (χ3n) is 2.89. The van der Waals surface area contributed by atoms with Gasteiger partial charge in [0, 0.05) is 33.4 Å². The fraction of sp³-hybridized carbons (Fsp3) is 0.357. The van der Waals surface area contributed by atoms with Crippen molar-refractivity contribution in [2.45, 2.75) is 10.9 Å². The summed E-state index contributed by atoms with van der Waals surface area (Å²) in [6.45, 7) is 0.533. The number of thioether (sulfide) groups is 1. The Kier molecular flexibility index (Phi) is 6.02. The number of hydrogen-bond donors (Lipinski definition) is 2. The quantitative estimate of drug-likeness (QED) is 0.754. The zero-order valence-corrected chi connectivity index (χ0v) is 14.4. The van der Waals surface area contributed by atoms with Crippen molar-refractivity contribution in [3.8, 4) is 0 Å². The van der Waals surface area contributed by atoms with E-state index in [-0.39, 0.29) is 5.91 Å². The zero-order valence-electron chi connectivity index (χ0n) is 12.8. The number of rotatable bonds is 7. The molecule has 0 aliphatic carbocycles. The van der Waals surface area contributed by atoms with E-state index >= 15 is 0 Å². The van der Waals surface area contributed by atoms with Gasteiger partial charge in [-0.15, -0.1) is 10.2 Å². The molecule has 0 aliphatic rings. The van der Waals surface area contributed by atoms with Crippen LogP contribution < -0.4 is 15.5 Å². The van der Waals surface area contributed by atoms with Crippen LogP contribution in [0.15, 0.2) is 28.6 Å². The monoisotopic (exact) mass is 337 g/mol. The zero-order chi connectivity index (χ0) is 15.9. The number of carbonyl (C=O) groups is 1. The summed E-state index contributed by atoms with van der Waals surface area (Å²) in [6, 6.07) is 8.12. The molecule has 2 rings (SSSR count). The summed E-state index contributed by atoms with van der Waals surface area (Å²) in [6.07, 6.45) is 0. The Morgan fingerprint density at radius 3 is 2.59 bits per heavy atom. The van der Waals surface area contributed by atoms with Gasteiger partial charge in [-0.1, -0.05) is 35.2 Å². The molecule has 0 bridgehead atoms. The molecule has 0 atom stereocenters. The van der Waals surface area contributed by atoms with Crippen molar-refractivity contribution in [1.29, 1.82) is 0 Å². The van der Waals surface area contributed by atoms with Gasteiger partial charge in [-0.05, 0) is 17.7 Å². The lowest BCUT2D eigenvalue weighted by atomic mass is 10.2. The van der Waals surface area contributed by atoms with Gasteiger partial charge in [0.05, 0.1) is 5.75 Å². The number of carbonyl (C=O) groups excluding carboxylic acids is 1. The smallest absolute Gasteiger partial charge is 0.230 e. The van der Waals surface area contributed by atoms with Crippen LogP contribution in [0.5, 0.6) is 0 Å². The normalized spacial score (nSPS) is 10.3. The van der Waals surface area contributed by atoms with Crippen LogP contribution in [0.1, 0.15) is 5.56 Å². The molecule has 0 radical (unpaired) electrons. The molecule has 0 saturated carbocycles. The van der Waals surface area contributed by atoms with E-state index in [0.717, 1.165) is 20.7 Å². The molecule has 2 N–H and O–H groups in total. The molecule has 0 fully saturated rings. The maximum absolute atomic E-state index is 11.8. The predicted molar refractivity (Wildman–Crippen MR) is 92.8 cm³/mol. The van der Waals surface area contributed by atoms with Crippen LogP contribution in [0, 0.1) is 0 Å². The van der Waals surface area contributed by atoms with E-state index in [1.54, 1.807) is 7.05 Å². The molecular weight excluding hydrogens is 318 g/mol. The lowest BCUT2D eigenvalue weighted by Crippen LogP contribution is -2.24. The van der Waals surface area contributed by atoms with Crippen LogP contribution in [0.2, 0.25) is 0 Å². The minimum Gasteiger partial charge on any atom is -0.378 e. The van der Waals surface area contributed by atoms with Gasteiger partial charge < -0.3 is 15.5 Å². The van der Waals surface area contributed by atoms with Crippen molar-refractivity contribution in [2.24, 2.45) is 0 Å². The summed E-state index contributed by atoms with van der Waals surface area (Å²) >= 11 is 2.83. The van der Waals surface area contributed by atoms with Crippen LogP contribution in [0.3, 0.4) is 0 Å². The molecular formula is C14H19N5OS2. The summed E-state index contributed by atoms with van der Waals surface area (Å²) in [5, 5.41) is 14.5. The van der Waals surface area contributed by atoms with Gasteiger partial charge in [0.2, 0.25) is 11.0 Å². The fourth-order valence-electron chi connectivity index (χ4n) is 1.66. The van der Waals surface area contributed by atoms with Crippen LogP contribution >= 0.6 is 23.1 Å². The lowest BCUT2D eigenvalue weighted by molar-refractivity contribution is -0.118. The maximum atomic E-state index is 11.8. The number of aromatic nitrogens is 2. The van der Waals surface area contributed by atoms with E-state index < -0.39 is 0 Å². The molecule has 1 amide bonds. The summed E-state index contributed by atoms with van der Waals surface area (Å²) in [7, 11) is 5.80. The second-order valence-electron chi connectivity index (χ2n) is 4.75. The van der Waals surface area contributed by atoms with E-state index in [2.05, 4.69) is 20.8 Å². The van der Waals surface area contributed by atoms with Crippen LogP contribution in [0.25, 0.3) is 0 Å². The topological polar surface area (TPSA) is 70.1 Å². The second kappa shape index (κ2) is 8.00. The molecule has 0 spiro atoms. The molecule has 22 heavy (non-hydrogen) atoms. The largest absolute Gasteiger partial charge is 0.378 e. The third-order valence-corrected chi connectivity index (χ3v) is 4.96. The van der Waals surface area contributed by atoms with Gasteiger partial charge in [0.15, 0.2) is 4.34 Å². The highest BCUT2D eigenvalue weighted by Crippen LogP contribution is 2.24. The van der Waals surface area contributed by atoms with Crippen molar-refractivity contribution in [2.75, 3.05) is 37.1 Å². The van der Waals surface area contributed by atoms with Gasteiger partial charge in [-0.3, -0.25) is 4.79 Å². The van der Waals surface area contributed by atoms with Gasteiger partial charge in [-0.2, -0.15) is 0 Å². The Morgan fingerprint density at radius 1 is 1.27 bits per heavy atom. The highest BCUT2D eigenvalue weighted by Gasteiger charge is 2.07. The highest BCUT2D eigenvalue weighted by atomic mass is 32.2. The van der Waals surface area contributed by atoms with E-state index in [9.17, 15) is 4.79 Å². The van der Waals surface area contributed by atoms with Gasteiger partial charge in [0.1, 0.15) is 0 Å². The van der Waals surface area contributed by atoms with Gasteiger partial charge in [0.25, 0.3) is 0 Å². The Labute approximate surface area is 138 Å². The molecule has 6 nitrogen and oxygen atoms in total. The molecule has 0 saturated heterocycles. The van der Waals surface area contributed by atoms with Crippen molar-refractivity contribution in [1.82, 2.24) is 15.5 Å². The average Bonchev–Trinajstić information content (AvgIpc) is 2.99. The molecule has 2 aromatic rings. The van der Waals surface area contributed by atoms with Crippen LogP contribution in [0.4, 0.5) is 10.8 Å². The summed E-state index contributed by atoms with van der Waals surface area (Å²) < 4.78 is 0.787. The molecule has 8 heteroatoms. The molecule has 1 aromatic carbocycles. The Bertz CT molecular complexity index is 612. The molecule has 0 unspecified atom stereocenters. The molecule has 0 aliphatic heterocycles. The Hall–Kier alpha value is -1.80. The Morgan fingerprint density at radius 2 is 2.00 bits per heavy atom. The number of nitrogens with zero attached hydrogens (tertiary/aromatic N) is 3. The standard InChI is InChI=1S/C14H19N5OS2/c1-15-13-17-18-14(22-13)21-9-12(20)16-8-10-4-6-11(7-5-10)19(2)3/h4-7H,8-9H2,1-3H3,(H,15,17)(H,16,20). The summed E-state index contributed by atoms with van der Waals surface area (Å²) in [5.41, 5.74) is 2.22. The first kappa shape index (κ1) is 16.6. The van der Waals surface area contributed by atoms with Crippen LogP contribution in [-0.4, -0.2) is 43.0 Å². The Balaban J connectivity index is 1.75. The second-order valence-corrected chi connectivity index (χ2v) is 6.95. The third kappa shape index (κ3) is 4.88. The first-order valence-corrected chi connectivity index (χ1v) is 8.55. The molecule has 118 valence electrons. The number of hydrogen-bond acceptors (Lipinski definition) is 7. The average molecular weight is 337 g/mol. The van der Waals surface area contributed by atoms with Crippen molar-refractivity contribution in [3.63, 3.8) is 0 Å². The van der Waals surface area contributed by atoms with E-state index in [1.807, 2.05) is 43.3 Å². The number of benzene rings is 1. The summed E-state index contributed by atoms with van der Waals surface area (Å²) in [4.78, 5) is 13.9. The number of amides is 1. The minimum absolute atomic E-state index is 0.0112. The molecule has 1 aromatic heterocycles. The SMILES string of the molecule is CNc1nnc(SCC(=O)NCc2ccc(N(C)C)cc2)s1. The van der Waals surface area contributed by atoms with Crippen LogP contribution in [-0.2, 0) is 11.3 Å². The van der Waals surface area contributed by atoms with Crippen molar-refractivity contribution in [3.05, 3.63) is 29.8 Å². The van der Waals surface area contributed by atoms with Crippen molar-refractivity contribution < 1.29 is 4.79 Å². The lowest BCUT2D eigenvalue weighted by Gasteiger charge is -2.12. The van der Waals surface area contributed by atoms with Gasteiger partial charge >= 0.3 is 0 Å². The number of nitrogens with one attached hydrogen (secondary N) is 2. The van der Waals surface area contributed by atoms with E-state index in [1.165, 1.54) is 23.1 Å². The van der Waals surface area contributed by atoms with Crippen molar-refractivity contribution >= 4 is 39.8 Å². The summed E-state index contributed by atoms with van der Waals surface area (Å²) in [5.74, 6) is 0.330. The maximum Gasteiger partial charge on any atom is 0.230 e.